The molecule has 2 aromatic rings. The second-order valence-corrected chi connectivity index (χ2v) is 9.74. The third-order valence-electron chi connectivity index (χ3n) is 5.04. The van der Waals surface area contributed by atoms with Crippen LogP contribution in [0.1, 0.15) is 41.0 Å². The zero-order valence-electron chi connectivity index (χ0n) is 16.9. The SMILES string of the molecule is CC1CC(C)CN(S(=O)(=O)c2cccc(C(=O)OCC(=O)c3ccc(F)cc3)c2)C1. The second kappa shape index (κ2) is 9.06. The minimum absolute atomic E-state index is 0.0168. The van der Waals surface area contributed by atoms with Gasteiger partial charge < -0.3 is 4.74 Å². The fourth-order valence-electron chi connectivity index (χ4n) is 3.67. The van der Waals surface area contributed by atoms with E-state index in [1.807, 2.05) is 13.8 Å². The number of nitrogens with zero attached hydrogens (tertiary/aromatic N) is 1. The molecule has 0 radical (unpaired) electrons. The van der Waals surface area contributed by atoms with Gasteiger partial charge in [-0.3, -0.25) is 4.79 Å². The minimum atomic E-state index is -3.74. The van der Waals surface area contributed by atoms with E-state index in [2.05, 4.69) is 0 Å². The smallest absolute Gasteiger partial charge is 0.338 e. The Hall–Kier alpha value is -2.58. The number of piperidine rings is 1. The molecular weight excluding hydrogens is 409 g/mol. The molecule has 2 unspecified atom stereocenters. The van der Waals surface area contributed by atoms with Gasteiger partial charge in [0.1, 0.15) is 5.82 Å². The van der Waals surface area contributed by atoms with Crippen LogP contribution in [-0.2, 0) is 14.8 Å². The van der Waals surface area contributed by atoms with Crippen LogP contribution in [0.25, 0.3) is 0 Å². The molecule has 0 bridgehead atoms. The van der Waals surface area contributed by atoms with Crippen molar-refractivity contribution in [2.75, 3.05) is 19.7 Å². The summed E-state index contributed by atoms with van der Waals surface area (Å²) in [5.74, 6) is -1.24. The lowest BCUT2D eigenvalue weighted by atomic mass is 9.94. The number of ether oxygens (including phenoxy) is 1. The Balaban J connectivity index is 1.70. The van der Waals surface area contributed by atoms with Crippen LogP contribution >= 0.6 is 0 Å². The number of carbonyl (C=O) groups excluding carboxylic acids is 2. The van der Waals surface area contributed by atoms with Crippen molar-refractivity contribution in [3.63, 3.8) is 0 Å². The largest absolute Gasteiger partial charge is 0.454 e. The average Bonchev–Trinajstić information content (AvgIpc) is 2.71. The number of rotatable bonds is 6. The fraction of sp³-hybridized carbons (Fsp3) is 0.364. The lowest BCUT2D eigenvalue weighted by molar-refractivity contribution is 0.0474. The van der Waals surface area contributed by atoms with Crippen molar-refractivity contribution in [1.29, 1.82) is 0 Å². The van der Waals surface area contributed by atoms with Gasteiger partial charge in [-0.1, -0.05) is 19.9 Å². The first kappa shape index (κ1) is 22.1. The van der Waals surface area contributed by atoms with E-state index in [9.17, 15) is 22.4 Å². The van der Waals surface area contributed by atoms with Crippen molar-refractivity contribution in [1.82, 2.24) is 4.31 Å². The molecule has 1 saturated heterocycles. The number of sulfonamides is 1. The summed E-state index contributed by atoms with van der Waals surface area (Å²) in [6.07, 6.45) is 0.973. The Kier molecular flexibility index (Phi) is 6.67. The van der Waals surface area contributed by atoms with E-state index in [4.69, 9.17) is 4.74 Å². The van der Waals surface area contributed by atoms with E-state index in [0.29, 0.717) is 13.1 Å². The third-order valence-corrected chi connectivity index (χ3v) is 6.87. The molecule has 1 fully saturated rings. The van der Waals surface area contributed by atoms with Gasteiger partial charge >= 0.3 is 5.97 Å². The summed E-state index contributed by atoms with van der Waals surface area (Å²) in [4.78, 5) is 24.5. The maximum Gasteiger partial charge on any atom is 0.338 e. The van der Waals surface area contributed by atoms with Gasteiger partial charge in [0.25, 0.3) is 0 Å². The molecule has 160 valence electrons. The van der Waals surface area contributed by atoms with Crippen molar-refractivity contribution in [3.8, 4) is 0 Å². The van der Waals surface area contributed by atoms with Crippen molar-refractivity contribution >= 4 is 21.8 Å². The predicted octanol–water partition coefficient (Wildman–Crippen LogP) is 3.53. The number of benzene rings is 2. The summed E-state index contributed by atoms with van der Waals surface area (Å²) in [7, 11) is -3.74. The number of hydrogen-bond donors (Lipinski definition) is 0. The van der Waals surface area contributed by atoms with Crippen LogP contribution in [0.15, 0.2) is 53.4 Å². The molecule has 0 saturated carbocycles. The highest BCUT2D eigenvalue weighted by molar-refractivity contribution is 7.89. The van der Waals surface area contributed by atoms with Crippen LogP contribution in [0.5, 0.6) is 0 Å². The van der Waals surface area contributed by atoms with Crippen LogP contribution in [0.4, 0.5) is 4.39 Å². The molecule has 1 heterocycles. The molecule has 2 aromatic carbocycles. The monoisotopic (exact) mass is 433 g/mol. The summed E-state index contributed by atoms with van der Waals surface area (Å²) >= 11 is 0. The molecule has 6 nitrogen and oxygen atoms in total. The highest BCUT2D eigenvalue weighted by Crippen LogP contribution is 2.27. The molecule has 1 aliphatic heterocycles. The Bertz CT molecular complexity index is 1030. The first-order valence-electron chi connectivity index (χ1n) is 9.73. The standard InChI is InChI=1S/C22H24FNO5S/c1-15-10-16(2)13-24(12-15)30(27,28)20-5-3-4-18(11-20)22(26)29-14-21(25)17-6-8-19(23)9-7-17/h3-9,11,15-16H,10,12-14H2,1-2H3. The van der Waals surface area contributed by atoms with Gasteiger partial charge in [0, 0.05) is 18.7 Å². The van der Waals surface area contributed by atoms with Crippen LogP contribution in [0, 0.1) is 17.7 Å². The number of ketones is 1. The summed E-state index contributed by atoms with van der Waals surface area (Å²) < 4.78 is 45.5. The minimum Gasteiger partial charge on any atom is -0.454 e. The van der Waals surface area contributed by atoms with E-state index >= 15 is 0 Å². The molecule has 1 aliphatic rings. The van der Waals surface area contributed by atoms with Gasteiger partial charge in [0.05, 0.1) is 10.5 Å². The maximum absolute atomic E-state index is 13.0. The van der Waals surface area contributed by atoms with Crippen LogP contribution in [0.3, 0.4) is 0 Å². The van der Waals surface area contributed by atoms with Gasteiger partial charge in [-0.15, -0.1) is 0 Å². The number of Topliss-reactive ketones (excluding diaryl/α,β-unsaturated/α-hetero) is 1. The topological polar surface area (TPSA) is 80.8 Å². The van der Waals surface area contributed by atoms with Crippen molar-refractivity contribution in [2.45, 2.75) is 25.2 Å². The van der Waals surface area contributed by atoms with Crippen LogP contribution < -0.4 is 0 Å². The molecule has 3 rings (SSSR count). The normalized spacial score (nSPS) is 20.0. The Morgan fingerprint density at radius 1 is 1.03 bits per heavy atom. The zero-order valence-corrected chi connectivity index (χ0v) is 17.7. The third kappa shape index (κ3) is 5.12. The summed E-state index contributed by atoms with van der Waals surface area (Å²) in [5, 5.41) is 0. The lowest BCUT2D eigenvalue weighted by Crippen LogP contribution is -2.42. The number of carbonyl (C=O) groups is 2. The Morgan fingerprint density at radius 3 is 2.30 bits per heavy atom. The quantitative estimate of drug-likeness (QED) is 0.514. The highest BCUT2D eigenvalue weighted by Gasteiger charge is 2.32. The predicted molar refractivity (Wildman–Crippen MR) is 109 cm³/mol. The zero-order chi connectivity index (χ0) is 21.9. The van der Waals surface area contributed by atoms with Crippen LogP contribution in [-0.4, -0.2) is 44.2 Å². The molecule has 0 aromatic heterocycles. The summed E-state index contributed by atoms with van der Waals surface area (Å²) in [5.41, 5.74) is 0.259. The van der Waals surface area contributed by atoms with Gasteiger partial charge in [-0.2, -0.15) is 4.31 Å². The fourth-order valence-corrected chi connectivity index (χ4v) is 5.39. The van der Waals surface area contributed by atoms with Gasteiger partial charge in [0.15, 0.2) is 12.4 Å². The van der Waals surface area contributed by atoms with Gasteiger partial charge in [-0.05, 0) is 60.7 Å². The lowest BCUT2D eigenvalue weighted by Gasteiger charge is -2.34. The molecule has 8 heteroatoms. The Morgan fingerprint density at radius 2 is 1.67 bits per heavy atom. The van der Waals surface area contributed by atoms with E-state index in [1.165, 1.54) is 40.7 Å². The molecule has 0 aliphatic carbocycles. The highest BCUT2D eigenvalue weighted by atomic mass is 32.2. The first-order chi connectivity index (χ1) is 14.2. The van der Waals surface area contributed by atoms with Crippen molar-refractivity contribution < 1.29 is 27.1 Å². The summed E-state index contributed by atoms with van der Waals surface area (Å²) in [6.45, 7) is 4.39. The first-order valence-corrected chi connectivity index (χ1v) is 11.2. The molecule has 0 amide bonds. The van der Waals surface area contributed by atoms with Gasteiger partial charge in [0.2, 0.25) is 10.0 Å². The molecule has 30 heavy (non-hydrogen) atoms. The van der Waals surface area contributed by atoms with E-state index in [-0.39, 0.29) is 27.9 Å². The van der Waals surface area contributed by atoms with E-state index < -0.39 is 34.2 Å². The van der Waals surface area contributed by atoms with Crippen molar-refractivity contribution in [2.24, 2.45) is 11.8 Å². The molecule has 0 spiro atoms. The van der Waals surface area contributed by atoms with Crippen LogP contribution in [0.2, 0.25) is 0 Å². The van der Waals surface area contributed by atoms with E-state index in [0.717, 1.165) is 18.6 Å². The van der Waals surface area contributed by atoms with Gasteiger partial charge in [-0.25, -0.2) is 17.6 Å². The second-order valence-electron chi connectivity index (χ2n) is 7.80. The number of esters is 1. The molecule has 2 atom stereocenters. The number of halogens is 1. The average molecular weight is 434 g/mol. The van der Waals surface area contributed by atoms with E-state index in [1.54, 1.807) is 0 Å². The maximum atomic E-state index is 13.0. The molecular formula is C22H24FNO5S. The number of hydrogen-bond acceptors (Lipinski definition) is 5. The Labute approximate surface area is 175 Å². The molecule has 0 N–H and O–H groups in total. The summed E-state index contributed by atoms with van der Waals surface area (Å²) in [6, 6.07) is 10.5. The van der Waals surface area contributed by atoms with Crippen molar-refractivity contribution in [3.05, 3.63) is 65.5 Å².